The molecule has 0 radical (unpaired) electrons. The zero-order chi connectivity index (χ0) is 17.4. The molecule has 0 saturated carbocycles. The number of hydrogen-bond donors (Lipinski definition) is 1. The zero-order valence-electron chi connectivity index (χ0n) is 12.4. The Bertz CT molecular complexity index is 593. The number of hydrogen-bond acceptors (Lipinski definition) is 6. The molecule has 126 valence electrons. The van der Waals surface area contributed by atoms with Crippen molar-refractivity contribution in [3.63, 3.8) is 0 Å². The van der Waals surface area contributed by atoms with E-state index >= 15 is 0 Å². The lowest BCUT2D eigenvalue weighted by Gasteiger charge is -2.14. The van der Waals surface area contributed by atoms with Gasteiger partial charge in [0.15, 0.2) is 12.7 Å². The average Bonchev–Trinajstić information content (AvgIpc) is 2.47. The Labute approximate surface area is 142 Å². The Balaban J connectivity index is 2.45. The number of esters is 1. The van der Waals surface area contributed by atoms with Crippen LogP contribution < -0.4 is 10.1 Å². The molecule has 1 unspecified atom stereocenters. The normalized spacial score (nSPS) is 11.3. The lowest BCUT2D eigenvalue weighted by atomic mass is 10.3. The molecule has 0 aliphatic rings. The standard InChI is InChI=1S/C14H15Cl2NO6/c1-3-21-14(20)17-12(18)7-22-13(19)8(2)23-11-5-4-9(15)6-10(11)16/h4-6,8H,3,7H2,1-2H3,(H,17,18,20). The number of carbonyl (C=O) groups is 3. The van der Waals surface area contributed by atoms with Gasteiger partial charge in [0.1, 0.15) is 5.75 Å². The van der Waals surface area contributed by atoms with Gasteiger partial charge >= 0.3 is 12.1 Å². The van der Waals surface area contributed by atoms with Crippen molar-refractivity contribution >= 4 is 41.2 Å². The summed E-state index contributed by atoms with van der Waals surface area (Å²) in [6, 6.07) is 4.51. The van der Waals surface area contributed by atoms with E-state index in [-0.39, 0.29) is 17.4 Å². The maximum absolute atomic E-state index is 11.7. The topological polar surface area (TPSA) is 90.9 Å². The minimum Gasteiger partial charge on any atom is -0.477 e. The van der Waals surface area contributed by atoms with Crippen LogP contribution in [0.3, 0.4) is 0 Å². The van der Waals surface area contributed by atoms with Gasteiger partial charge in [-0.15, -0.1) is 0 Å². The summed E-state index contributed by atoms with van der Waals surface area (Å²) >= 11 is 11.7. The van der Waals surface area contributed by atoms with Gasteiger partial charge < -0.3 is 14.2 Å². The highest BCUT2D eigenvalue weighted by molar-refractivity contribution is 6.35. The molecule has 0 spiro atoms. The van der Waals surface area contributed by atoms with Crippen molar-refractivity contribution in [2.24, 2.45) is 0 Å². The number of rotatable bonds is 6. The van der Waals surface area contributed by atoms with Crippen LogP contribution in [0.2, 0.25) is 10.0 Å². The highest BCUT2D eigenvalue weighted by Gasteiger charge is 2.19. The third kappa shape index (κ3) is 6.75. The van der Waals surface area contributed by atoms with E-state index in [1.165, 1.54) is 19.1 Å². The predicted octanol–water partition coefficient (Wildman–Crippen LogP) is 2.58. The largest absolute Gasteiger partial charge is 0.477 e. The van der Waals surface area contributed by atoms with Crippen LogP contribution in [0.5, 0.6) is 5.75 Å². The van der Waals surface area contributed by atoms with Crippen LogP contribution in [-0.4, -0.2) is 37.3 Å². The Hall–Kier alpha value is -1.99. The lowest BCUT2D eigenvalue weighted by Crippen LogP contribution is -2.36. The fraction of sp³-hybridized carbons (Fsp3) is 0.357. The first-order valence-corrected chi connectivity index (χ1v) is 7.34. The first-order chi connectivity index (χ1) is 10.8. The summed E-state index contributed by atoms with van der Waals surface area (Å²) in [5.41, 5.74) is 0. The summed E-state index contributed by atoms with van der Waals surface area (Å²) in [6.07, 6.45) is -1.92. The molecule has 0 aliphatic heterocycles. The van der Waals surface area contributed by atoms with Crippen LogP contribution >= 0.6 is 23.2 Å². The fourth-order valence-corrected chi connectivity index (χ4v) is 1.83. The molecule has 1 aromatic carbocycles. The smallest absolute Gasteiger partial charge is 0.413 e. The highest BCUT2D eigenvalue weighted by Crippen LogP contribution is 2.28. The maximum Gasteiger partial charge on any atom is 0.413 e. The van der Waals surface area contributed by atoms with Gasteiger partial charge in [-0.05, 0) is 32.0 Å². The van der Waals surface area contributed by atoms with Gasteiger partial charge in [-0.25, -0.2) is 9.59 Å². The SMILES string of the molecule is CCOC(=O)NC(=O)COC(=O)C(C)Oc1ccc(Cl)cc1Cl. The van der Waals surface area contributed by atoms with E-state index in [0.717, 1.165) is 0 Å². The summed E-state index contributed by atoms with van der Waals surface area (Å²) in [7, 11) is 0. The van der Waals surface area contributed by atoms with E-state index in [1.807, 2.05) is 5.32 Å². The number of carbonyl (C=O) groups excluding carboxylic acids is 3. The second kappa shape index (κ2) is 9.22. The number of halogens is 2. The molecular weight excluding hydrogens is 349 g/mol. The van der Waals surface area contributed by atoms with Gasteiger partial charge in [0.05, 0.1) is 11.6 Å². The van der Waals surface area contributed by atoms with E-state index in [4.69, 9.17) is 32.7 Å². The zero-order valence-corrected chi connectivity index (χ0v) is 13.9. The van der Waals surface area contributed by atoms with Crippen LogP contribution in [0.4, 0.5) is 4.79 Å². The van der Waals surface area contributed by atoms with E-state index in [9.17, 15) is 14.4 Å². The van der Waals surface area contributed by atoms with Crippen molar-refractivity contribution < 1.29 is 28.6 Å². The van der Waals surface area contributed by atoms with Gasteiger partial charge in [-0.1, -0.05) is 23.2 Å². The molecule has 1 aromatic rings. The molecular formula is C14H15Cl2NO6. The van der Waals surface area contributed by atoms with E-state index in [1.54, 1.807) is 13.0 Å². The molecule has 7 nitrogen and oxygen atoms in total. The molecule has 9 heteroatoms. The van der Waals surface area contributed by atoms with Crippen LogP contribution in [0, 0.1) is 0 Å². The van der Waals surface area contributed by atoms with E-state index < -0.39 is 30.7 Å². The van der Waals surface area contributed by atoms with Crippen molar-refractivity contribution in [1.29, 1.82) is 0 Å². The third-order valence-electron chi connectivity index (χ3n) is 2.39. The minimum atomic E-state index is -1.01. The average molecular weight is 364 g/mol. The van der Waals surface area contributed by atoms with E-state index in [0.29, 0.717) is 5.02 Å². The van der Waals surface area contributed by atoms with Gasteiger partial charge in [-0.2, -0.15) is 0 Å². The van der Waals surface area contributed by atoms with Crippen molar-refractivity contribution in [2.75, 3.05) is 13.2 Å². The number of amides is 2. The van der Waals surface area contributed by atoms with Crippen molar-refractivity contribution in [1.82, 2.24) is 5.32 Å². The van der Waals surface area contributed by atoms with Crippen molar-refractivity contribution in [3.05, 3.63) is 28.2 Å². The summed E-state index contributed by atoms with van der Waals surface area (Å²) in [6.45, 7) is 2.49. The molecule has 0 fully saturated rings. The Morgan fingerprint density at radius 3 is 2.52 bits per heavy atom. The maximum atomic E-state index is 11.7. The van der Waals surface area contributed by atoms with Gasteiger partial charge in [0.25, 0.3) is 5.91 Å². The lowest BCUT2D eigenvalue weighted by molar-refractivity contribution is -0.154. The highest BCUT2D eigenvalue weighted by atomic mass is 35.5. The second-order valence-corrected chi connectivity index (χ2v) is 5.05. The number of alkyl carbamates (subject to hydrolysis) is 1. The summed E-state index contributed by atoms with van der Waals surface area (Å²) in [5.74, 6) is -1.36. The summed E-state index contributed by atoms with van der Waals surface area (Å²) < 4.78 is 14.6. The molecule has 0 heterocycles. The summed E-state index contributed by atoms with van der Waals surface area (Å²) in [5, 5.41) is 2.54. The Morgan fingerprint density at radius 1 is 1.22 bits per heavy atom. The molecule has 0 bridgehead atoms. The number of benzene rings is 1. The molecule has 1 atom stereocenters. The number of imide groups is 1. The first kappa shape index (κ1) is 19.1. The van der Waals surface area contributed by atoms with Crippen LogP contribution in [-0.2, 0) is 19.1 Å². The minimum absolute atomic E-state index is 0.117. The molecule has 0 aliphatic carbocycles. The molecule has 1 rings (SSSR count). The molecule has 0 aromatic heterocycles. The van der Waals surface area contributed by atoms with Crippen LogP contribution in [0.1, 0.15) is 13.8 Å². The first-order valence-electron chi connectivity index (χ1n) is 6.58. The molecule has 2 amide bonds. The van der Waals surface area contributed by atoms with Gasteiger partial charge in [-0.3, -0.25) is 10.1 Å². The van der Waals surface area contributed by atoms with Crippen molar-refractivity contribution in [2.45, 2.75) is 20.0 Å². The number of nitrogens with one attached hydrogen (secondary N) is 1. The van der Waals surface area contributed by atoms with Crippen molar-refractivity contribution in [3.8, 4) is 5.75 Å². The molecule has 0 saturated heterocycles. The Morgan fingerprint density at radius 2 is 1.91 bits per heavy atom. The molecule has 1 N–H and O–H groups in total. The van der Waals surface area contributed by atoms with Gasteiger partial charge in [0, 0.05) is 5.02 Å². The monoisotopic (exact) mass is 363 g/mol. The fourth-order valence-electron chi connectivity index (χ4n) is 1.38. The molecule has 23 heavy (non-hydrogen) atoms. The third-order valence-corrected chi connectivity index (χ3v) is 2.92. The predicted molar refractivity (Wildman–Crippen MR) is 82.7 cm³/mol. The van der Waals surface area contributed by atoms with Crippen LogP contribution in [0.25, 0.3) is 0 Å². The number of ether oxygens (including phenoxy) is 3. The Kier molecular flexibility index (Phi) is 7.64. The second-order valence-electron chi connectivity index (χ2n) is 4.21. The summed E-state index contributed by atoms with van der Waals surface area (Å²) in [4.78, 5) is 34.1. The van der Waals surface area contributed by atoms with Gasteiger partial charge in [0.2, 0.25) is 0 Å². The van der Waals surface area contributed by atoms with E-state index in [2.05, 4.69) is 4.74 Å². The van der Waals surface area contributed by atoms with Crippen LogP contribution in [0.15, 0.2) is 18.2 Å². The quantitative estimate of drug-likeness (QED) is 0.781.